The number of benzene rings is 11. The molecule has 14 aromatic rings. The summed E-state index contributed by atoms with van der Waals surface area (Å²) >= 11 is 0. The highest BCUT2D eigenvalue weighted by Crippen LogP contribution is 2.42. The Morgan fingerprint density at radius 2 is 0.744 bits per heavy atom. The van der Waals surface area contributed by atoms with Gasteiger partial charge in [-0.1, -0.05) is 268 Å². The van der Waals surface area contributed by atoms with Gasteiger partial charge in [-0.2, -0.15) is 9.97 Å². The van der Waals surface area contributed by atoms with Crippen LogP contribution in [0.3, 0.4) is 0 Å². The summed E-state index contributed by atoms with van der Waals surface area (Å²) < 4.78 is 2.20. The maximum atomic E-state index is 5.43. The molecule has 1 unspecified atom stereocenters. The zero-order chi connectivity index (χ0) is 57.8. The summed E-state index contributed by atoms with van der Waals surface area (Å²) in [6.45, 7) is 4.29. The number of allylic oxidation sites excluding steroid dienone is 4. The molecule has 0 amide bonds. The van der Waals surface area contributed by atoms with Gasteiger partial charge in [0.15, 0.2) is 23.3 Å². The van der Waals surface area contributed by atoms with Crippen molar-refractivity contribution < 1.29 is 0 Å². The van der Waals surface area contributed by atoms with Gasteiger partial charge in [0.1, 0.15) is 5.82 Å². The van der Waals surface area contributed by atoms with Crippen LogP contribution in [-0.4, -0.2) is 34.5 Å². The van der Waals surface area contributed by atoms with Crippen LogP contribution in [0.4, 0.5) is 0 Å². The van der Waals surface area contributed by atoms with E-state index in [1.807, 2.05) is 48.5 Å². The highest BCUT2D eigenvalue weighted by atomic mass is 15.2. The monoisotopic (exact) mass is 1100 g/mol. The molecule has 0 fully saturated rings. The summed E-state index contributed by atoms with van der Waals surface area (Å²) in [6, 6.07) is 99.6. The molecular formula is C79H57N7. The largest absolute Gasteiger partial charge is 0.278 e. The lowest BCUT2D eigenvalue weighted by Gasteiger charge is -2.13. The van der Waals surface area contributed by atoms with E-state index in [2.05, 4.69) is 273 Å². The van der Waals surface area contributed by atoms with Crippen molar-refractivity contribution >= 4 is 27.4 Å². The lowest BCUT2D eigenvalue weighted by molar-refractivity contribution is 0.828. The van der Waals surface area contributed by atoms with Crippen LogP contribution in [0.25, 0.3) is 135 Å². The van der Waals surface area contributed by atoms with Crippen molar-refractivity contribution in [2.45, 2.75) is 19.8 Å². The van der Waals surface area contributed by atoms with E-state index in [-0.39, 0.29) is 5.92 Å². The van der Waals surface area contributed by atoms with E-state index < -0.39 is 0 Å². The fourth-order valence-corrected chi connectivity index (χ4v) is 11.4. The average Bonchev–Trinajstić information content (AvgIpc) is 1.65. The van der Waals surface area contributed by atoms with E-state index in [1.165, 1.54) is 22.3 Å². The average molecular weight is 1100 g/mol. The Kier molecular flexibility index (Phi) is 14.4. The van der Waals surface area contributed by atoms with Gasteiger partial charge in [-0.25, -0.2) is 19.9 Å². The smallest absolute Gasteiger partial charge is 0.238 e. The van der Waals surface area contributed by atoms with Gasteiger partial charge in [-0.3, -0.25) is 4.57 Å². The maximum Gasteiger partial charge on any atom is 0.238 e. The first-order chi connectivity index (χ1) is 42.4. The second kappa shape index (κ2) is 23.5. The first-order valence-electron chi connectivity index (χ1n) is 29.1. The number of aromatic nitrogens is 7. The first kappa shape index (κ1) is 52.8. The molecule has 1 atom stereocenters. The van der Waals surface area contributed by atoms with Crippen LogP contribution in [0.1, 0.15) is 31.2 Å². The molecule has 0 spiro atoms. The minimum absolute atomic E-state index is 0.125. The predicted octanol–water partition coefficient (Wildman–Crippen LogP) is 19.9. The number of hydrogen-bond acceptors (Lipinski definition) is 6. The summed E-state index contributed by atoms with van der Waals surface area (Å²) in [5, 5.41) is 2.13. The van der Waals surface area contributed by atoms with E-state index >= 15 is 0 Å². The molecule has 0 aliphatic heterocycles. The van der Waals surface area contributed by atoms with Crippen molar-refractivity contribution in [3.05, 3.63) is 315 Å². The third kappa shape index (κ3) is 10.8. The fourth-order valence-electron chi connectivity index (χ4n) is 11.4. The maximum absolute atomic E-state index is 5.43. The number of fused-ring (bicyclic) bond motifs is 3. The summed E-state index contributed by atoms with van der Waals surface area (Å²) in [6.07, 6.45) is 6.45. The van der Waals surface area contributed by atoms with Crippen LogP contribution in [0, 0.1) is 0 Å². The second-order valence-corrected chi connectivity index (χ2v) is 21.6. The highest BCUT2D eigenvalue weighted by Gasteiger charge is 2.22. The number of nitrogens with zero attached hydrogens (tertiary/aromatic N) is 7. The van der Waals surface area contributed by atoms with Crippen LogP contribution in [0.5, 0.6) is 0 Å². The summed E-state index contributed by atoms with van der Waals surface area (Å²) in [5.74, 6) is 3.44. The summed E-state index contributed by atoms with van der Waals surface area (Å²) in [4.78, 5) is 31.6. The Hall–Kier alpha value is -11.3. The Morgan fingerprint density at radius 3 is 1.31 bits per heavy atom. The van der Waals surface area contributed by atoms with Crippen LogP contribution < -0.4 is 0 Å². The molecule has 7 nitrogen and oxygen atoms in total. The molecule has 408 valence electrons. The van der Waals surface area contributed by atoms with Crippen molar-refractivity contribution in [1.29, 1.82) is 0 Å². The molecule has 3 aromatic heterocycles. The van der Waals surface area contributed by atoms with Gasteiger partial charge in [0, 0.05) is 38.9 Å². The zero-order valence-electron chi connectivity index (χ0n) is 47.6. The van der Waals surface area contributed by atoms with E-state index in [0.29, 0.717) is 35.1 Å². The standard InChI is InChI=1S/C79H57N7/c1-53(60-36-19-37-61(48-60)55-26-8-3-9-27-55)24-18-25-54(2)74-80-75(58-32-14-6-15-33-58)82-77(81-74)68-43-22-41-66(51-68)69-44-23-45-72-73(69)70-52-65(57-30-12-5-13-31-57)46-47-71(70)86(72)79-84-76(59-34-16-7-17-35-59)83-78(85-79)67-42-21-40-64(50-67)63-39-20-38-62(49-63)56-28-10-4-11-29-56/h3-52,54H,1-2H3/b25-18-,53-24+. The molecule has 0 aliphatic carbocycles. The van der Waals surface area contributed by atoms with Gasteiger partial charge in [-0.15, -0.1) is 0 Å². The molecule has 3 heterocycles. The molecule has 86 heavy (non-hydrogen) atoms. The molecular weight excluding hydrogens is 1050 g/mol. The van der Waals surface area contributed by atoms with Crippen LogP contribution in [0.15, 0.2) is 303 Å². The van der Waals surface area contributed by atoms with Crippen molar-refractivity contribution in [1.82, 2.24) is 34.5 Å². The van der Waals surface area contributed by atoms with Gasteiger partial charge in [0.2, 0.25) is 5.95 Å². The van der Waals surface area contributed by atoms with Crippen LogP contribution >= 0.6 is 0 Å². The zero-order valence-corrected chi connectivity index (χ0v) is 47.6. The quantitative estimate of drug-likeness (QED) is 0.101. The van der Waals surface area contributed by atoms with Crippen molar-refractivity contribution in [2.75, 3.05) is 0 Å². The summed E-state index contributed by atoms with van der Waals surface area (Å²) in [5.41, 5.74) is 19.0. The first-order valence-corrected chi connectivity index (χ1v) is 29.1. The SMILES string of the molecule is C/C(=C\C=C/C(C)c1nc(-c2ccccc2)nc(-c2cccc(-c3cccc4c3c3cc(-c5ccccc5)ccc3n4-c3nc(-c4ccccc4)nc(-c4cccc(-c5cccc(-c6ccccc6)c5)c4)n3)c2)n1)c1cccc(-c2ccccc2)c1. The van der Waals surface area contributed by atoms with Crippen molar-refractivity contribution in [3.8, 4) is 107 Å². The minimum Gasteiger partial charge on any atom is -0.278 e. The van der Waals surface area contributed by atoms with Gasteiger partial charge >= 0.3 is 0 Å². The van der Waals surface area contributed by atoms with Gasteiger partial charge in [-0.05, 0) is 116 Å². The molecule has 0 radical (unpaired) electrons. The molecule has 0 bridgehead atoms. The molecule has 0 saturated heterocycles. The highest BCUT2D eigenvalue weighted by molar-refractivity contribution is 6.16. The third-order valence-corrected chi connectivity index (χ3v) is 15.9. The third-order valence-electron chi connectivity index (χ3n) is 15.9. The van der Waals surface area contributed by atoms with Crippen molar-refractivity contribution in [3.63, 3.8) is 0 Å². The normalized spacial score (nSPS) is 12.0. The van der Waals surface area contributed by atoms with Gasteiger partial charge in [0.05, 0.1) is 11.0 Å². The minimum atomic E-state index is -0.125. The van der Waals surface area contributed by atoms with Crippen LogP contribution in [0.2, 0.25) is 0 Å². The van der Waals surface area contributed by atoms with Gasteiger partial charge < -0.3 is 0 Å². The van der Waals surface area contributed by atoms with Crippen molar-refractivity contribution in [2.24, 2.45) is 0 Å². The number of hydrogen-bond donors (Lipinski definition) is 0. The Morgan fingerprint density at radius 1 is 0.337 bits per heavy atom. The van der Waals surface area contributed by atoms with E-state index in [1.54, 1.807) is 0 Å². The second-order valence-electron chi connectivity index (χ2n) is 21.6. The van der Waals surface area contributed by atoms with Crippen LogP contribution in [-0.2, 0) is 0 Å². The Balaban J connectivity index is 0.882. The lowest BCUT2D eigenvalue weighted by atomic mass is 9.96. The fraction of sp³-hybridized carbons (Fsp3) is 0.0380. The van der Waals surface area contributed by atoms with Gasteiger partial charge in [0.25, 0.3) is 0 Å². The molecule has 11 aromatic carbocycles. The van der Waals surface area contributed by atoms with E-state index in [9.17, 15) is 0 Å². The van der Waals surface area contributed by atoms with E-state index in [0.717, 1.165) is 88.6 Å². The Labute approximate surface area is 500 Å². The Bertz CT molecular complexity index is 4820. The topological polar surface area (TPSA) is 82.3 Å². The molecule has 14 rings (SSSR count). The predicted molar refractivity (Wildman–Crippen MR) is 354 cm³/mol. The molecule has 0 saturated carbocycles. The van der Waals surface area contributed by atoms with E-state index in [4.69, 9.17) is 29.9 Å². The molecule has 0 aliphatic rings. The molecule has 0 N–H and O–H groups in total. The lowest BCUT2D eigenvalue weighted by Crippen LogP contribution is -2.06. The number of rotatable bonds is 14. The molecule has 7 heteroatoms. The summed E-state index contributed by atoms with van der Waals surface area (Å²) in [7, 11) is 0.